The third-order valence-corrected chi connectivity index (χ3v) is 8.63. The molecule has 3 amide bonds. The zero-order valence-electron chi connectivity index (χ0n) is 19.5. The quantitative estimate of drug-likeness (QED) is 0.675. The van der Waals surface area contributed by atoms with Gasteiger partial charge in [0.1, 0.15) is 11.6 Å². The first-order valence-corrected chi connectivity index (χ1v) is 13.0. The molecule has 1 aliphatic carbocycles. The Balaban J connectivity index is 1.18. The van der Waals surface area contributed by atoms with Gasteiger partial charge >= 0.3 is 0 Å². The fourth-order valence-electron chi connectivity index (χ4n) is 5.47. The van der Waals surface area contributed by atoms with Gasteiger partial charge in [0.05, 0.1) is 9.21 Å². The number of nitrogens with one attached hydrogen (secondary N) is 1. The highest BCUT2D eigenvalue weighted by Crippen LogP contribution is 2.49. The lowest BCUT2D eigenvalue weighted by Gasteiger charge is -2.38. The summed E-state index contributed by atoms with van der Waals surface area (Å²) in [6.45, 7) is 4.68. The van der Waals surface area contributed by atoms with Gasteiger partial charge in [-0.15, -0.1) is 11.3 Å². The van der Waals surface area contributed by atoms with Crippen molar-refractivity contribution in [2.45, 2.75) is 57.3 Å². The van der Waals surface area contributed by atoms with Gasteiger partial charge in [-0.1, -0.05) is 11.6 Å². The maximum atomic E-state index is 13.7. The van der Waals surface area contributed by atoms with Crippen LogP contribution in [0.3, 0.4) is 0 Å². The number of likely N-dealkylation sites (tertiary alicyclic amines) is 1. The van der Waals surface area contributed by atoms with Crippen LogP contribution in [0.25, 0.3) is 0 Å². The van der Waals surface area contributed by atoms with Crippen molar-refractivity contribution in [3.8, 4) is 11.5 Å². The molecule has 2 aromatic rings. The average molecular weight is 516 g/mol. The van der Waals surface area contributed by atoms with Gasteiger partial charge in [-0.05, 0) is 74.4 Å². The number of halogens is 1. The fraction of sp³-hybridized carbons (Fsp3) is 0.480. The highest BCUT2D eigenvalue weighted by atomic mass is 35.5. The number of hydrogen-bond donors (Lipinski definition) is 1. The molecule has 184 valence electrons. The Labute approximate surface area is 212 Å². The number of hydrogen-bond acceptors (Lipinski definition) is 6. The van der Waals surface area contributed by atoms with Gasteiger partial charge in [0.15, 0.2) is 11.5 Å². The first-order valence-electron chi connectivity index (χ1n) is 11.8. The van der Waals surface area contributed by atoms with Crippen LogP contribution in [0, 0.1) is 5.92 Å². The van der Waals surface area contributed by atoms with Gasteiger partial charge in [0.25, 0.3) is 5.91 Å². The number of piperidine rings is 1. The molecule has 1 N–H and O–H groups in total. The van der Waals surface area contributed by atoms with Gasteiger partial charge < -0.3 is 24.6 Å². The van der Waals surface area contributed by atoms with E-state index in [2.05, 4.69) is 5.32 Å². The van der Waals surface area contributed by atoms with E-state index in [1.165, 1.54) is 11.3 Å². The van der Waals surface area contributed by atoms with E-state index in [0.717, 1.165) is 29.7 Å². The molecule has 35 heavy (non-hydrogen) atoms. The number of benzene rings is 1. The van der Waals surface area contributed by atoms with Crippen LogP contribution >= 0.6 is 22.9 Å². The summed E-state index contributed by atoms with van der Waals surface area (Å²) in [6, 6.07) is 6.82. The Morgan fingerprint density at radius 3 is 2.57 bits per heavy atom. The topological polar surface area (TPSA) is 88.2 Å². The molecule has 0 bridgehead atoms. The van der Waals surface area contributed by atoms with Gasteiger partial charge in [0, 0.05) is 19.1 Å². The number of nitrogens with zero attached hydrogens (tertiary/aromatic N) is 2. The third kappa shape index (κ3) is 3.94. The van der Waals surface area contributed by atoms with Crippen LogP contribution in [-0.2, 0) is 22.6 Å². The highest BCUT2D eigenvalue weighted by molar-refractivity contribution is 7.18. The first-order chi connectivity index (χ1) is 16.7. The molecule has 3 atom stereocenters. The molecule has 0 radical (unpaired) electrons. The van der Waals surface area contributed by atoms with E-state index >= 15 is 0 Å². The lowest BCUT2D eigenvalue weighted by atomic mass is 9.97. The third-order valence-electron chi connectivity index (χ3n) is 7.40. The highest BCUT2D eigenvalue weighted by Gasteiger charge is 2.58. The van der Waals surface area contributed by atoms with Crippen LogP contribution in [0.2, 0.25) is 4.34 Å². The van der Waals surface area contributed by atoms with Crippen molar-refractivity contribution >= 4 is 40.7 Å². The predicted octanol–water partition coefficient (Wildman–Crippen LogP) is 3.21. The second kappa shape index (κ2) is 8.13. The van der Waals surface area contributed by atoms with Crippen molar-refractivity contribution < 1.29 is 23.9 Å². The van der Waals surface area contributed by atoms with Gasteiger partial charge in [-0.3, -0.25) is 14.4 Å². The Hall–Kier alpha value is -2.78. The molecule has 1 aromatic carbocycles. The van der Waals surface area contributed by atoms with Crippen molar-refractivity contribution in [1.29, 1.82) is 0 Å². The number of carbonyl (C=O) groups is 3. The number of thiophene rings is 1. The molecule has 2 fully saturated rings. The summed E-state index contributed by atoms with van der Waals surface area (Å²) >= 11 is 7.13. The number of rotatable bonds is 4. The van der Waals surface area contributed by atoms with Crippen LogP contribution < -0.4 is 14.8 Å². The van der Waals surface area contributed by atoms with Crippen molar-refractivity contribution in [2.75, 3.05) is 13.3 Å². The minimum atomic E-state index is -1.16. The predicted molar refractivity (Wildman–Crippen MR) is 130 cm³/mol. The van der Waals surface area contributed by atoms with Gasteiger partial charge in [-0.2, -0.15) is 0 Å². The van der Waals surface area contributed by atoms with E-state index < -0.39 is 11.6 Å². The zero-order chi connectivity index (χ0) is 24.5. The van der Waals surface area contributed by atoms with E-state index in [0.29, 0.717) is 40.4 Å². The van der Waals surface area contributed by atoms with Crippen LogP contribution in [0.4, 0.5) is 0 Å². The Bertz CT molecular complexity index is 1240. The molecule has 3 aliphatic heterocycles. The molecule has 8 nitrogen and oxygen atoms in total. The smallest absolute Gasteiger partial charge is 0.262 e. The molecular weight excluding hydrogens is 490 g/mol. The number of ether oxygens (including phenoxy) is 2. The largest absolute Gasteiger partial charge is 0.454 e. The molecule has 1 saturated heterocycles. The van der Waals surface area contributed by atoms with E-state index in [4.69, 9.17) is 21.1 Å². The van der Waals surface area contributed by atoms with Crippen LogP contribution in [0.15, 0.2) is 24.3 Å². The number of carbonyl (C=O) groups excluding carboxylic acids is 3. The first kappa shape index (κ1) is 22.7. The summed E-state index contributed by atoms with van der Waals surface area (Å²) in [4.78, 5) is 44.1. The molecule has 1 saturated carbocycles. The lowest BCUT2D eigenvalue weighted by Crippen LogP contribution is -2.60. The minimum Gasteiger partial charge on any atom is -0.454 e. The lowest BCUT2D eigenvalue weighted by molar-refractivity contribution is -0.148. The average Bonchev–Trinajstić information content (AvgIpc) is 3.17. The molecule has 6 rings (SSSR count). The standard InChI is InChI=1S/C25H26ClN3O5S/c1-25(2,27-22(30)20-3-4-21(26)35-20)24(32)29-16-7-14(16)8-17(29)23(31)28-6-5-13-9-18-19(34-12-33-18)10-15(13)11-28/h3-4,9-10,14,16-17H,5-8,11-12H2,1-2H3,(H,27,30)/t14-,16-,17+/m1/s1. The zero-order valence-corrected chi connectivity index (χ0v) is 21.1. The van der Waals surface area contributed by atoms with Gasteiger partial charge in [0.2, 0.25) is 18.6 Å². The summed E-state index contributed by atoms with van der Waals surface area (Å²) in [7, 11) is 0. The second-order valence-corrected chi connectivity index (χ2v) is 11.9. The summed E-state index contributed by atoms with van der Waals surface area (Å²) in [5.41, 5.74) is 1.06. The molecule has 4 aliphatic rings. The van der Waals surface area contributed by atoms with Crippen molar-refractivity contribution in [2.24, 2.45) is 5.92 Å². The Morgan fingerprint density at radius 2 is 1.86 bits per heavy atom. The van der Waals surface area contributed by atoms with Crippen LogP contribution in [-0.4, -0.2) is 58.5 Å². The molecule has 4 heterocycles. The normalized spacial score (nSPS) is 24.1. The van der Waals surface area contributed by atoms with Crippen molar-refractivity contribution in [3.05, 3.63) is 44.6 Å². The van der Waals surface area contributed by atoms with E-state index in [1.54, 1.807) is 30.9 Å². The Morgan fingerprint density at radius 1 is 1.11 bits per heavy atom. The molecule has 1 aromatic heterocycles. The number of amides is 3. The molecule has 0 unspecified atom stereocenters. The van der Waals surface area contributed by atoms with E-state index in [1.807, 2.05) is 17.0 Å². The fourth-order valence-corrected chi connectivity index (χ4v) is 6.41. The second-order valence-electron chi connectivity index (χ2n) is 10.2. The number of fused-ring (bicyclic) bond motifs is 3. The maximum Gasteiger partial charge on any atom is 0.262 e. The van der Waals surface area contributed by atoms with Gasteiger partial charge in [-0.25, -0.2) is 0 Å². The summed E-state index contributed by atoms with van der Waals surface area (Å²) in [6.07, 6.45) is 2.31. The van der Waals surface area contributed by atoms with E-state index in [-0.39, 0.29) is 30.6 Å². The SMILES string of the molecule is CC(C)(NC(=O)c1ccc(Cl)s1)C(=O)N1[C@@H]2C[C@@H]2C[C@H]1C(=O)N1CCc2cc3c(cc2C1)OCO3. The monoisotopic (exact) mass is 515 g/mol. The van der Waals surface area contributed by atoms with Crippen molar-refractivity contribution in [3.63, 3.8) is 0 Å². The van der Waals surface area contributed by atoms with E-state index in [9.17, 15) is 14.4 Å². The summed E-state index contributed by atoms with van der Waals surface area (Å²) < 4.78 is 11.5. The Kier molecular flexibility index (Phi) is 5.27. The summed E-state index contributed by atoms with van der Waals surface area (Å²) in [5.74, 6) is 1.22. The minimum absolute atomic E-state index is 0.0268. The van der Waals surface area contributed by atoms with Crippen LogP contribution in [0.5, 0.6) is 11.5 Å². The molecule has 10 heteroatoms. The van der Waals surface area contributed by atoms with Crippen molar-refractivity contribution in [1.82, 2.24) is 15.1 Å². The maximum absolute atomic E-state index is 13.7. The summed E-state index contributed by atoms with van der Waals surface area (Å²) in [5, 5.41) is 2.85. The molecular formula is C25H26ClN3O5S. The van der Waals surface area contributed by atoms with Crippen LogP contribution in [0.1, 0.15) is 47.5 Å². The molecule has 0 spiro atoms.